The Labute approximate surface area is 186 Å². The minimum Gasteiger partial charge on any atom is -0.299 e. The first-order chi connectivity index (χ1) is 14.9. The third kappa shape index (κ3) is 4.49. The molecule has 0 radical (unpaired) electrons. The predicted molar refractivity (Wildman–Crippen MR) is 126 cm³/mol. The Kier molecular flexibility index (Phi) is 6.09. The Hall–Kier alpha value is -2.74. The summed E-state index contributed by atoms with van der Waals surface area (Å²) in [7, 11) is -3.83. The molecule has 7 heteroatoms. The van der Waals surface area contributed by atoms with Crippen LogP contribution in [0.1, 0.15) is 36.1 Å². The number of fused-ring (bicyclic) bond motifs is 1. The molecule has 4 aromatic rings. The predicted octanol–water partition coefficient (Wildman–Crippen LogP) is 4.85. The second-order valence-electron chi connectivity index (χ2n) is 7.53. The highest BCUT2D eigenvalue weighted by Gasteiger charge is 2.24. The van der Waals surface area contributed by atoms with E-state index in [2.05, 4.69) is 4.72 Å². The van der Waals surface area contributed by atoms with Gasteiger partial charge in [-0.25, -0.2) is 8.42 Å². The van der Waals surface area contributed by atoms with Crippen LogP contribution in [0.5, 0.6) is 0 Å². The van der Waals surface area contributed by atoms with Crippen LogP contribution in [-0.4, -0.2) is 13.0 Å². The average Bonchev–Trinajstić information content (AvgIpc) is 3.07. The van der Waals surface area contributed by atoms with Crippen LogP contribution < -0.4 is 9.60 Å². The van der Waals surface area contributed by atoms with Gasteiger partial charge in [-0.05, 0) is 42.7 Å². The topological polar surface area (TPSA) is 68.2 Å². The lowest BCUT2D eigenvalue weighted by molar-refractivity contribution is 0.572. The smallest absolute Gasteiger partial charge is 0.299 e. The molecule has 0 bridgehead atoms. The molecule has 1 atom stereocenters. The third-order valence-electron chi connectivity index (χ3n) is 5.18. The second-order valence-corrected chi connectivity index (χ2v) is 10.2. The fourth-order valence-electron chi connectivity index (χ4n) is 3.70. The quantitative estimate of drug-likeness (QED) is 0.436. The molecule has 1 aromatic heterocycles. The van der Waals surface area contributed by atoms with Crippen molar-refractivity contribution in [2.45, 2.75) is 37.8 Å². The molecule has 0 saturated carbocycles. The number of nitrogens with one attached hydrogen (secondary N) is 1. The second kappa shape index (κ2) is 8.78. The van der Waals surface area contributed by atoms with E-state index in [1.165, 1.54) is 0 Å². The number of nitrogens with zero attached hydrogens (tertiary/aromatic N) is 1. The van der Waals surface area contributed by atoms with Crippen molar-refractivity contribution in [2.75, 3.05) is 0 Å². The van der Waals surface area contributed by atoms with Gasteiger partial charge >= 0.3 is 4.87 Å². The van der Waals surface area contributed by atoms with Crippen molar-refractivity contribution >= 4 is 31.6 Å². The van der Waals surface area contributed by atoms with E-state index in [1.54, 1.807) is 22.8 Å². The van der Waals surface area contributed by atoms with Crippen LogP contribution in [0.3, 0.4) is 0 Å². The Balaban J connectivity index is 1.75. The molecular formula is C24H24N2O3S2. The highest BCUT2D eigenvalue weighted by Crippen LogP contribution is 2.27. The summed E-state index contributed by atoms with van der Waals surface area (Å²) in [5.41, 5.74) is 3.56. The number of sulfonamides is 1. The van der Waals surface area contributed by atoms with Crippen LogP contribution in [0.15, 0.2) is 82.5 Å². The first-order valence-corrected chi connectivity index (χ1v) is 12.5. The van der Waals surface area contributed by atoms with Crippen molar-refractivity contribution in [3.8, 4) is 0 Å². The van der Waals surface area contributed by atoms with E-state index in [4.69, 9.17) is 0 Å². The van der Waals surface area contributed by atoms with Gasteiger partial charge in [0.25, 0.3) is 0 Å². The Morgan fingerprint density at radius 2 is 1.71 bits per heavy atom. The highest BCUT2D eigenvalue weighted by molar-refractivity contribution is 7.89. The Morgan fingerprint density at radius 1 is 0.968 bits per heavy atom. The summed E-state index contributed by atoms with van der Waals surface area (Å²) in [5.74, 6) is 0. The van der Waals surface area contributed by atoms with E-state index < -0.39 is 16.1 Å². The summed E-state index contributed by atoms with van der Waals surface area (Å²) >= 11 is 1.08. The summed E-state index contributed by atoms with van der Waals surface area (Å²) in [5, 5.41) is 0. The molecule has 4 rings (SSSR count). The molecule has 0 saturated heterocycles. The van der Waals surface area contributed by atoms with E-state index in [9.17, 15) is 13.2 Å². The lowest BCUT2D eigenvalue weighted by Gasteiger charge is -2.20. The van der Waals surface area contributed by atoms with Crippen LogP contribution in [0.4, 0.5) is 0 Å². The van der Waals surface area contributed by atoms with Gasteiger partial charge in [0.05, 0.1) is 21.2 Å². The molecule has 0 aliphatic rings. The lowest BCUT2D eigenvalue weighted by Crippen LogP contribution is -2.29. The van der Waals surface area contributed by atoms with Gasteiger partial charge in [0.2, 0.25) is 10.0 Å². The van der Waals surface area contributed by atoms with Crippen LogP contribution in [0.2, 0.25) is 0 Å². The first kappa shape index (κ1) is 21.5. The summed E-state index contributed by atoms with van der Waals surface area (Å²) in [4.78, 5) is 12.4. The minimum absolute atomic E-state index is 0.0683. The molecule has 0 spiro atoms. The molecule has 0 aliphatic carbocycles. The van der Waals surface area contributed by atoms with Gasteiger partial charge in [0.15, 0.2) is 0 Å². The van der Waals surface area contributed by atoms with Crippen molar-refractivity contribution in [3.05, 3.63) is 99.2 Å². The number of hydrogen-bond donors (Lipinski definition) is 1. The van der Waals surface area contributed by atoms with E-state index in [0.29, 0.717) is 11.2 Å². The maximum absolute atomic E-state index is 13.3. The van der Waals surface area contributed by atoms with E-state index >= 15 is 0 Å². The van der Waals surface area contributed by atoms with E-state index in [-0.39, 0.29) is 9.77 Å². The van der Waals surface area contributed by atoms with Gasteiger partial charge in [-0.1, -0.05) is 78.4 Å². The van der Waals surface area contributed by atoms with Crippen molar-refractivity contribution in [1.82, 2.24) is 9.29 Å². The summed E-state index contributed by atoms with van der Waals surface area (Å²) in [6.07, 6.45) is 0.836. The number of aryl methyl sites for hydroxylation is 2. The monoisotopic (exact) mass is 452 g/mol. The van der Waals surface area contributed by atoms with Crippen LogP contribution in [0, 0.1) is 6.92 Å². The average molecular weight is 453 g/mol. The molecule has 1 N–H and O–H groups in total. The molecule has 0 aliphatic heterocycles. The van der Waals surface area contributed by atoms with E-state index in [0.717, 1.165) is 40.0 Å². The molecule has 0 amide bonds. The SMILES string of the molecule is CCCn1c(=O)sc2cc(S(=O)(=O)N[C@@H](c3ccccc3)c3cccc(C)c3)ccc21. The molecule has 5 nitrogen and oxygen atoms in total. The lowest BCUT2D eigenvalue weighted by atomic mass is 9.98. The standard InChI is InChI=1S/C24H24N2O3S2/c1-3-14-26-21-13-12-20(16-22(21)30-24(26)27)31(28,29)25-23(18-9-5-4-6-10-18)19-11-7-8-17(2)15-19/h4-13,15-16,23,25H,3,14H2,1-2H3/t23-/m0/s1. The first-order valence-electron chi connectivity index (χ1n) is 10.2. The fraction of sp³-hybridized carbons (Fsp3) is 0.208. The Morgan fingerprint density at radius 3 is 2.42 bits per heavy atom. The van der Waals surface area contributed by atoms with Crippen molar-refractivity contribution in [1.29, 1.82) is 0 Å². The van der Waals surface area contributed by atoms with Gasteiger partial charge in [0, 0.05) is 6.54 Å². The normalized spacial score (nSPS) is 12.8. The van der Waals surface area contributed by atoms with Gasteiger partial charge in [-0.3, -0.25) is 9.36 Å². The summed E-state index contributed by atoms with van der Waals surface area (Å²) in [6.45, 7) is 4.61. The fourth-order valence-corrected chi connectivity index (χ4v) is 5.97. The molecule has 31 heavy (non-hydrogen) atoms. The molecule has 3 aromatic carbocycles. The largest absolute Gasteiger partial charge is 0.308 e. The highest BCUT2D eigenvalue weighted by atomic mass is 32.2. The molecule has 0 fully saturated rings. The molecular weight excluding hydrogens is 428 g/mol. The van der Waals surface area contributed by atoms with Crippen molar-refractivity contribution in [3.63, 3.8) is 0 Å². The van der Waals surface area contributed by atoms with Crippen LogP contribution in [-0.2, 0) is 16.6 Å². The number of thiazole rings is 1. The van der Waals surface area contributed by atoms with Crippen molar-refractivity contribution < 1.29 is 8.42 Å². The third-order valence-corrected chi connectivity index (χ3v) is 7.54. The van der Waals surface area contributed by atoms with Gasteiger partial charge in [-0.2, -0.15) is 4.72 Å². The van der Waals surface area contributed by atoms with Gasteiger partial charge in [-0.15, -0.1) is 0 Å². The maximum atomic E-state index is 13.3. The van der Waals surface area contributed by atoms with Crippen LogP contribution in [0.25, 0.3) is 10.2 Å². The van der Waals surface area contributed by atoms with Crippen molar-refractivity contribution in [2.24, 2.45) is 0 Å². The maximum Gasteiger partial charge on any atom is 0.308 e. The number of rotatable bonds is 7. The van der Waals surface area contributed by atoms with E-state index in [1.807, 2.05) is 68.4 Å². The van der Waals surface area contributed by atoms with Crippen LogP contribution >= 0.6 is 11.3 Å². The zero-order chi connectivity index (χ0) is 22.0. The van der Waals surface area contributed by atoms with Gasteiger partial charge in [0.1, 0.15) is 0 Å². The zero-order valence-corrected chi connectivity index (χ0v) is 19.0. The molecule has 1 heterocycles. The van der Waals surface area contributed by atoms with Gasteiger partial charge < -0.3 is 0 Å². The summed E-state index contributed by atoms with van der Waals surface area (Å²) < 4.78 is 31.9. The number of benzene rings is 3. The number of hydrogen-bond acceptors (Lipinski definition) is 4. The summed E-state index contributed by atoms with van der Waals surface area (Å²) in [6, 6.07) is 21.7. The number of aromatic nitrogens is 1. The zero-order valence-electron chi connectivity index (χ0n) is 17.4. The Bertz CT molecular complexity index is 1370. The minimum atomic E-state index is -3.83. The molecule has 160 valence electrons. The molecule has 0 unspecified atom stereocenters.